The van der Waals surface area contributed by atoms with Gasteiger partial charge in [0.2, 0.25) is 0 Å². The number of hydrogen-bond donors (Lipinski definition) is 2. The molecular weight excluding hydrogens is 613 g/mol. The van der Waals surface area contributed by atoms with E-state index in [0.717, 1.165) is 56.4 Å². The Morgan fingerprint density at radius 2 is 0.480 bits per heavy atom. The number of phenolic OH excluding ortho intramolecular Hbond substituents is 2. The number of hydrogen-bond acceptors (Lipinski definition) is 4. The molecule has 0 atom stereocenters. The second-order valence-corrected chi connectivity index (χ2v) is 11.9. The molecule has 0 aliphatic carbocycles. The number of nitrogens with zero attached hydrogens (tertiary/aromatic N) is 2. The van der Waals surface area contributed by atoms with Crippen LogP contribution in [-0.4, -0.2) is 10.2 Å². The van der Waals surface area contributed by atoms with Crippen LogP contribution in [0, 0.1) is 0 Å². The average Bonchev–Trinajstić information content (AvgIpc) is 3.17. The van der Waals surface area contributed by atoms with Crippen molar-refractivity contribution < 1.29 is 10.2 Å². The van der Waals surface area contributed by atoms with Crippen molar-refractivity contribution in [2.75, 3.05) is 9.80 Å². The predicted octanol–water partition coefficient (Wildman–Crippen LogP) is 12.4. The zero-order chi connectivity index (χ0) is 34.1. The zero-order valence-electron chi connectivity index (χ0n) is 27.4. The molecule has 0 amide bonds. The molecule has 4 nitrogen and oxygen atoms in total. The lowest BCUT2D eigenvalue weighted by molar-refractivity contribution is 0.475. The first-order valence-electron chi connectivity index (χ1n) is 16.5. The average molecular weight is 649 g/mol. The van der Waals surface area contributed by atoms with Crippen molar-refractivity contribution in [2.24, 2.45) is 0 Å². The van der Waals surface area contributed by atoms with Crippen LogP contribution in [0.25, 0.3) is 24.3 Å². The van der Waals surface area contributed by atoms with Gasteiger partial charge in [-0.3, -0.25) is 0 Å². The van der Waals surface area contributed by atoms with Gasteiger partial charge in [0.05, 0.1) is 0 Å². The highest BCUT2D eigenvalue weighted by Gasteiger charge is 2.13. The van der Waals surface area contributed by atoms with Gasteiger partial charge in [-0.2, -0.15) is 0 Å². The Bertz CT molecular complexity index is 2010. The minimum atomic E-state index is 0.246. The molecule has 0 unspecified atom stereocenters. The first-order valence-corrected chi connectivity index (χ1v) is 16.5. The van der Waals surface area contributed by atoms with Crippen LogP contribution >= 0.6 is 0 Å². The van der Waals surface area contributed by atoms with E-state index in [1.54, 1.807) is 24.3 Å². The van der Waals surface area contributed by atoms with Crippen molar-refractivity contribution in [3.63, 3.8) is 0 Å². The fourth-order valence-electron chi connectivity index (χ4n) is 5.82. The number of anilines is 6. The standard InChI is InChI=1S/C46H36N2O2/c49-45-31-27-43(28-32-45)47(39-7-3-1-4-8-39)41-23-19-37(20-24-41)17-15-35-11-13-36(14-12-35)16-18-38-21-25-42(26-22-38)48(40-9-5-2-6-10-40)44-29-33-46(50)34-30-44/h1-34,49-50H/b17-15+,18-16+. The van der Waals surface area contributed by atoms with Gasteiger partial charge in [0.25, 0.3) is 0 Å². The van der Waals surface area contributed by atoms with E-state index >= 15 is 0 Å². The molecule has 4 heteroatoms. The molecule has 0 saturated heterocycles. The van der Waals surface area contributed by atoms with Gasteiger partial charge in [-0.25, -0.2) is 0 Å². The molecule has 0 fully saturated rings. The number of benzene rings is 7. The van der Waals surface area contributed by atoms with E-state index in [2.05, 4.69) is 131 Å². The minimum Gasteiger partial charge on any atom is -0.508 e. The summed E-state index contributed by atoms with van der Waals surface area (Å²) >= 11 is 0. The maximum Gasteiger partial charge on any atom is 0.115 e. The van der Waals surface area contributed by atoms with Crippen LogP contribution in [0.2, 0.25) is 0 Å². The Balaban J connectivity index is 1.02. The van der Waals surface area contributed by atoms with E-state index < -0.39 is 0 Å². The summed E-state index contributed by atoms with van der Waals surface area (Å²) in [6, 6.07) is 60.4. The van der Waals surface area contributed by atoms with Crippen molar-refractivity contribution in [2.45, 2.75) is 0 Å². The van der Waals surface area contributed by atoms with E-state index in [0.29, 0.717) is 0 Å². The molecular formula is C46H36N2O2. The van der Waals surface area contributed by atoms with Crippen molar-refractivity contribution in [3.05, 3.63) is 204 Å². The molecule has 2 N–H and O–H groups in total. The van der Waals surface area contributed by atoms with Gasteiger partial charge in [0.15, 0.2) is 0 Å². The van der Waals surface area contributed by atoms with Gasteiger partial charge < -0.3 is 20.0 Å². The Kier molecular flexibility index (Phi) is 9.52. The predicted molar refractivity (Wildman–Crippen MR) is 210 cm³/mol. The normalized spacial score (nSPS) is 11.2. The summed E-state index contributed by atoms with van der Waals surface area (Å²) in [6.07, 6.45) is 8.51. The minimum absolute atomic E-state index is 0.246. The highest BCUT2D eigenvalue weighted by molar-refractivity contribution is 5.80. The highest BCUT2D eigenvalue weighted by Crippen LogP contribution is 2.36. The van der Waals surface area contributed by atoms with Crippen LogP contribution in [0.5, 0.6) is 11.5 Å². The Labute approximate surface area is 293 Å². The van der Waals surface area contributed by atoms with Crippen LogP contribution in [0.1, 0.15) is 22.3 Å². The fraction of sp³-hybridized carbons (Fsp3) is 0. The first kappa shape index (κ1) is 31.8. The van der Waals surface area contributed by atoms with Crippen LogP contribution in [0.3, 0.4) is 0 Å². The zero-order valence-corrected chi connectivity index (χ0v) is 27.4. The van der Waals surface area contributed by atoms with E-state index in [1.807, 2.05) is 60.7 Å². The van der Waals surface area contributed by atoms with E-state index in [4.69, 9.17) is 0 Å². The van der Waals surface area contributed by atoms with Crippen LogP contribution < -0.4 is 9.80 Å². The van der Waals surface area contributed by atoms with Gasteiger partial charge >= 0.3 is 0 Å². The van der Waals surface area contributed by atoms with Gasteiger partial charge in [0, 0.05) is 34.1 Å². The molecule has 0 radical (unpaired) electrons. The van der Waals surface area contributed by atoms with Gasteiger partial charge in [-0.1, -0.05) is 109 Å². The summed E-state index contributed by atoms with van der Waals surface area (Å²) in [6.45, 7) is 0. The van der Waals surface area contributed by atoms with Crippen molar-refractivity contribution in [1.29, 1.82) is 0 Å². The summed E-state index contributed by atoms with van der Waals surface area (Å²) < 4.78 is 0. The SMILES string of the molecule is Oc1ccc(N(c2ccccc2)c2ccc(/C=C/c3ccc(/C=C/c4ccc(N(c5ccccc5)c5ccc(O)cc5)cc4)cc3)cc2)cc1. The molecule has 242 valence electrons. The molecule has 0 aromatic heterocycles. The highest BCUT2D eigenvalue weighted by atomic mass is 16.3. The lowest BCUT2D eigenvalue weighted by Gasteiger charge is -2.25. The fourth-order valence-corrected chi connectivity index (χ4v) is 5.82. The lowest BCUT2D eigenvalue weighted by atomic mass is 10.1. The molecule has 0 heterocycles. The lowest BCUT2D eigenvalue weighted by Crippen LogP contribution is -2.09. The second-order valence-electron chi connectivity index (χ2n) is 11.9. The largest absolute Gasteiger partial charge is 0.508 e. The van der Waals surface area contributed by atoms with Gasteiger partial charge in [0.1, 0.15) is 11.5 Å². The Morgan fingerprint density at radius 3 is 0.760 bits per heavy atom. The first-order chi connectivity index (χ1) is 24.6. The summed E-state index contributed by atoms with van der Waals surface area (Å²) in [5, 5.41) is 19.6. The molecule has 0 aliphatic heterocycles. The summed E-state index contributed by atoms with van der Waals surface area (Å²) in [7, 11) is 0. The molecule has 7 rings (SSSR count). The van der Waals surface area contributed by atoms with Crippen LogP contribution in [0.4, 0.5) is 34.1 Å². The third-order valence-electron chi connectivity index (χ3n) is 8.42. The van der Waals surface area contributed by atoms with Gasteiger partial charge in [-0.05, 0) is 119 Å². The quantitative estimate of drug-likeness (QED) is 0.145. The van der Waals surface area contributed by atoms with Gasteiger partial charge in [-0.15, -0.1) is 0 Å². The molecule has 0 bridgehead atoms. The number of para-hydroxylation sites is 2. The number of rotatable bonds is 10. The topological polar surface area (TPSA) is 46.9 Å². The second kappa shape index (κ2) is 15.0. The van der Waals surface area contributed by atoms with Crippen LogP contribution in [-0.2, 0) is 0 Å². The molecule has 0 spiro atoms. The summed E-state index contributed by atoms with van der Waals surface area (Å²) in [5.74, 6) is 0.492. The monoisotopic (exact) mass is 648 g/mol. The maximum atomic E-state index is 9.81. The van der Waals surface area contributed by atoms with Crippen LogP contribution in [0.15, 0.2) is 182 Å². The number of aromatic hydroxyl groups is 2. The molecule has 0 saturated carbocycles. The van der Waals surface area contributed by atoms with Crippen molar-refractivity contribution >= 4 is 58.4 Å². The third kappa shape index (κ3) is 7.67. The van der Waals surface area contributed by atoms with Crippen molar-refractivity contribution in [3.8, 4) is 11.5 Å². The molecule has 7 aromatic carbocycles. The van der Waals surface area contributed by atoms with E-state index in [1.165, 1.54) is 0 Å². The molecule has 50 heavy (non-hydrogen) atoms. The van der Waals surface area contributed by atoms with Crippen molar-refractivity contribution in [1.82, 2.24) is 0 Å². The Morgan fingerprint density at radius 1 is 0.260 bits per heavy atom. The summed E-state index contributed by atoms with van der Waals surface area (Å²) in [5.41, 5.74) is 10.6. The summed E-state index contributed by atoms with van der Waals surface area (Å²) in [4.78, 5) is 4.34. The van der Waals surface area contributed by atoms with E-state index in [9.17, 15) is 10.2 Å². The number of phenols is 2. The smallest absolute Gasteiger partial charge is 0.115 e. The van der Waals surface area contributed by atoms with E-state index in [-0.39, 0.29) is 11.5 Å². The maximum absolute atomic E-state index is 9.81. The molecule has 7 aromatic rings. The Hall–Kier alpha value is -6.78. The third-order valence-corrected chi connectivity index (χ3v) is 8.42. The molecule has 0 aliphatic rings.